The molecule has 0 amide bonds. The van der Waals surface area contributed by atoms with Crippen LogP contribution in [0.1, 0.15) is 21.7 Å². The van der Waals surface area contributed by atoms with E-state index >= 15 is 0 Å². The third-order valence-corrected chi connectivity index (χ3v) is 2.88. The minimum atomic E-state index is -0.477. The second kappa shape index (κ2) is 6.14. The van der Waals surface area contributed by atoms with Crippen LogP contribution in [0.5, 0.6) is 0 Å². The summed E-state index contributed by atoms with van der Waals surface area (Å²) in [6.07, 6.45) is 6.05. The molecule has 0 radical (unpaired) electrons. The van der Waals surface area contributed by atoms with Gasteiger partial charge in [-0.25, -0.2) is 9.48 Å². The minimum Gasteiger partial charge on any atom is -0.457 e. The highest BCUT2D eigenvalue weighted by molar-refractivity contribution is 5.88. The molecule has 0 fully saturated rings. The molecule has 2 rings (SSSR count). The summed E-state index contributed by atoms with van der Waals surface area (Å²) in [6, 6.07) is 0. The van der Waals surface area contributed by atoms with Crippen LogP contribution in [-0.2, 0) is 24.8 Å². The average molecular weight is 275 g/mol. The number of carbonyl (C=O) groups is 1. The van der Waals surface area contributed by atoms with Crippen LogP contribution in [0.3, 0.4) is 0 Å². The van der Waals surface area contributed by atoms with Gasteiger partial charge in [0.25, 0.3) is 0 Å². The maximum Gasteiger partial charge on any atom is 0.361 e. The Labute approximate surface area is 116 Å². The zero-order chi connectivity index (χ0) is 14.5. The van der Waals surface area contributed by atoms with Crippen LogP contribution in [0.4, 0.5) is 0 Å². The lowest BCUT2D eigenvalue weighted by Crippen LogP contribution is -2.09. The van der Waals surface area contributed by atoms with Crippen LogP contribution in [0.15, 0.2) is 25.0 Å². The number of hydrogen-bond acceptors (Lipinski definition) is 5. The summed E-state index contributed by atoms with van der Waals surface area (Å²) < 4.78 is 8.39. The third kappa shape index (κ3) is 3.11. The highest BCUT2D eigenvalue weighted by Gasteiger charge is 2.17. The summed E-state index contributed by atoms with van der Waals surface area (Å²) in [7, 11) is 1.87. The number of carbonyl (C=O) groups excluding carboxylic acids is 1. The molecule has 2 aromatic rings. The monoisotopic (exact) mass is 275 g/mol. The number of ether oxygens (including phenoxy) is 1. The molecule has 7 heteroatoms. The molecular weight excluding hydrogens is 258 g/mol. The van der Waals surface area contributed by atoms with E-state index in [1.807, 2.05) is 19.4 Å². The van der Waals surface area contributed by atoms with Crippen LogP contribution in [0, 0.1) is 6.92 Å². The van der Waals surface area contributed by atoms with E-state index in [4.69, 9.17) is 4.74 Å². The lowest BCUT2D eigenvalue weighted by atomic mass is 10.2. The van der Waals surface area contributed by atoms with Crippen molar-refractivity contribution in [3.63, 3.8) is 0 Å². The Bertz CT molecular complexity index is 614. The van der Waals surface area contributed by atoms with Crippen LogP contribution in [-0.4, -0.2) is 37.4 Å². The van der Waals surface area contributed by atoms with Gasteiger partial charge in [0.1, 0.15) is 6.61 Å². The molecule has 0 unspecified atom stereocenters. The summed E-state index contributed by atoms with van der Waals surface area (Å²) in [5.74, 6) is -0.477. The van der Waals surface area contributed by atoms with Crippen LogP contribution in [0.2, 0.25) is 0 Å². The number of hydrogen-bond donors (Lipinski definition) is 0. The Hall–Kier alpha value is -2.44. The van der Waals surface area contributed by atoms with Gasteiger partial charge in [-0.15, -0.1) is 5.10 Å². The first-order valence-corrected chi connectivity index (χ1v) is 6.27. The van der Waals surface area contributed by atoms with Crippen molar-refractivity contribution in [2.45, 2.75) is 19.9 Å². The molecule has 0 saturated heterocycles. The fraction of sp³-hybridized carbons (Fsp3) is 0.385. The van der Waals surface area contributed by atoms with Gasteiger partial charge in [-0.3, -0.25) is 4.68 Å². The number of aryl methyl sites for hydroxylation is 3. The predicted molar refractivity (Wildman–Crippen MR) is 72.2 cm³/mol. The molecule has 0 N–H and O–H groups in total. The Morgan fingerprint density at radius 2 is 2.35 bits per heavy atom. The molecule has 0 aliphatic heterocycles. The first-order valence-electron chi connectivity index (χ1n) is 6.27. The van der Waals surface area contributed by atoms with Gasteiger partial charge in [0, 0.05) is 19.8 Å². The standard InChI is InChI=1S/C13H17N5O2/c1-4-7-20-13(19)12-10(2)18(16-15-12)6-5-11-8-14-17(3)9-11/h4,8-9H,1,5-7H2,2-3H3. The van der Waals surface area contributed by atoms with Crippen molar-refractivity contribution in [3.05, 3.63) is 42.0 Å². The van der Waals surface area contributed by atoms with Gasteiger partial charge in [-0.2, -0.15) is 5.10 Å². The summed E-state index contributed by atoms with van der Waals surface area (Å²) >= 11 is 0. The predicted octanol–water partition coefficient (Wildman–Crippen LogP) is 0.906. The van der Waals surface area contributed by atoms with E-state index in [9.17, 15) is 4.79 Å². The third-order valence-electron chi connectivity index (χ3n) is 2.88. The molecule has 0 atom stereocenters. The van der Waals surface area contributed by atoms with Crippen LogP contribution >= 0.6 is 0 Å². The van der Waals surface area contributed by atoms with E-state index in [0.717, 1.165) is 12.0 Å². The summed E-state index contributed by atoms with van der Waals surface area (Å²) in [5, 5.41) is 12.0. The number of rotatable bonds is 6. The molecule has 0 spiro atoms. The molecule has 0 aromatic carbocycles. The van der Waals surface area contributed by atoms with E-state index < -0.39 is 5.97 Å². The molecular formula is C13H17N5O2. The summed E-state index contributed by atoms with van der Waals surface area (Å²) in [5.41, 5.74) is 2.05. The van der Waals surface area contributed by atoms with E-state index in [1.165, 1.54) is 6.08 Å². The first kappa shape index (κ1) is 14.0. The van der Waals surface area contributed by atoms with Crippen molar-refractivity contribution in [1.29, 1.82) is 0 Å². The second-order valence-electron chi connectivity index (χ2n) is 4.41. The van der Waals surface area contributed by atoms with E-state index in [-0.39, 0.29) is 12.3 Å². The Morgan fingerprint density at radius 3 is 3.00 bits per heavy atom. The molecule has 0 bridgehead atoms. The van der Waals surface area contributed by atoms with Crippen molar-refractivity contribution in [3.8, 4) is 0 Å². The van der Waals surface area contributed by atoms with Crippen molar-refractivity contribution < 1.29 is 9.53 Å². The maximum absolute atomic E-state index is 11.7. The molecule has 2 aromatic heterocycles. The molecule has 7 nitrogen and oxygen atoms in total. The smallest absolute Gasteiger partial charge is 0.361 e. The van der Waals surface area contributed by atoms with Gasteiger partial charge in [0.05, 0.1) is 11.9 Å². The highest BCUT2D eigenvalue weighted by atomic mass is 16.5. The Kier molecular flexibility index (Phi) is 4.29. The zero-order valence-electron chi connectivity index (χ0n) is 11.6. The van der Waals surface area contributed by atoms with Crippen LogP contribution in [0.25, 0.3) is 0 Å². The average Bonchev–Trinajstić information content (AvgIpc) is 3.00. The van der Waals surface area contributed by atoms with Crippen molar-refractivity contribution in [2.24, 2.45) is 7.05 Å². The number of esters is 1. The van der Waals surface area contributed by atoms with E-state index in [0.29, 0.717) is 12.2 Å². The largest absolute Gasteiger partial charge is 0.457 e. The lowest BCUT2D eigenvalue weighted by molar-refractivity contribution is 0.0542. The van der Waals surface area contributed by atoms with Gasteiger partial charge in [0.2, 0.25) is 0 Å². The molecule has 106 valence electrons. The fourth-order valence-electron chi connectivity index (χ4n) is 1.80. The van der Waals surface area contributed by atoms with Crippen molar-refractivity contribution in [1.82, 2.24) is 24.8 Å². The van der Waals surface area contributed by atoms with Crippen molar-refractivity contribution >= 4 is 5.97 Å². The van der Waals surface area contributed by atoms with Crippen LogP contribution < -0.4 is 0 Å². The quantitative estimate of drug-likeness (QED) is 0.578. The number of nitrogens with zero attached hydrogens (tertiary/aromatic N) is 5. The molecule has 0 aliphatic carbocycles. The van der Waals surface area contributed by atoms with E-state index in [2.05, 4.69) is 22.0 Å². The number of aromatic nitrogens is 5. The SMILES string of the molecule is C=CCOC(=O)c1nnn(CCc2cnn(C)c2)c1C. The lowest BCUT2D eigenvalue weighted by Gasteiger charge is -2.02. The molecule has 0 saturated carbocycles. The van der Waals surface area contributed by atoms with Gasteiger partial charge < -0.3 is 4.74 Å². The van der Waals surface area contributed by atoms with E-state index in [1.54, 1.807) is 16.3 Å². The van der Waals surface area contributed by atoms with Gasteiger partial charge in [-0.05, 0) is 18.9 Å². The van der Waals surface area contributed by atoms with Gasteiger partial charge >= 0.3 is 5.97 Å². The van der Waals surface area contributed by atoms with Gasteiger partial charge in [0.15, 0.2) is 5.69 Å². The molecule has 2 heterocycles. The first-order chi connectivity index (χ1) is 9.61. The van der Waals surface area contributed by atoms with Gasteiger partial charge in [-0.1, -0.05) is 17.9 Å². The normalized spacial score (nSPS) is 10.5. The Balaban J connectivity index is 2.01. The second-order valence-corrected chi connectivity index (χ2v) is 4.41. The topological polar surface area (TPSA) is 74.8 Å². The Morgan fingerprint density at radius 1 is 1.55 bits per heavy atom. The fourth-order valence-corrected chi connectivity index (χ4v) is 1.80. The molecule has 20 heavy (non-hydrogen) atoms. The molecule has 0 aliphatic rings. The summed E-state index contributed by atoms with van der Waals surface area (Å²) in [4.78, 5) is 11.7. The minimum absolute atomic E-state index is 0.167. The van der Waals surface area contributed by atoms with Crippen molar-refractivity contribution in [2.75, 3.05) is 6.61 Å². The highest BCUT2D eigenvalue weighted by Crippen LogP contribution is 2.07. The maximum atomic E-state index is 11.7. The zero-order valence-corrected chi connectivity index (χ0v) is 11.6. The summed E-state index contributed by atoms with van der Waals surface area (Å²) in [6.45, 7) is 6.10.